The van der Waals surface area contributed by atoms with Gasteiger partial charge < -0.3 is 10.1 Å². The molecule has 1 saturated heterocycles. The summed E-state index contributed by atoms with van der Waals surface area (Å²) in [6.45, 7) is 1.37. The minimum atomic E-state index is -0.0645. The first-order valence-electron chi connectivity index (χ1n) is 8.75. The van der Waals surface area contributed by atoms with Gasteiger partial charge in [-0.3, -0.25) is 9.36 Å². The van der Waals surface area contributed by atoms with Gasteiger partial charge in [-0.15, -0.1) is 10.2 Å². The Hall–Kier alpha value is -2.99. The third-order valence-corrected chi connectivity index (χ3v) is 4.56. The highest BCUT2D eigenvalue weighted by Crippen LogP contribution is 2.22. The summed E-state index contributed by atoms with van der Waals surface area (Å²) in [5.41, 5.74) is 3.77. The molecule has 2 aromatic carbocycles. The number of amides is 1. The van der Waals surface area contributed by atoms with Gasteiger partial charge in [0.25, 0.3) is 5.91 Å². The van der Waals surface area contributed by atoms with Gasteiger partial charge in [-0.2, -0.15) is 0 Å². The average molecular weight is 348 g/mol. The number of carbonyl (C=O) groups is 1. The van der Waals surface area contributed by atoms with Crippen molar-refractivity contribution >= 4 is 5.91 Å². The lowest BCUT2D eigenvalue weighted by atomic mass is 10.0. The molecule has 0 spiro atoms. The lowest BCUT2D eigenvalue weighted by Gasteiger charge is -2.11. The second-order valence-corrected chi connectivity index (χ2v) is 6.34. The molecule has 0 radical (unpaired) electrons. The number of aromatic nitrogens is 3. The van der Waals surface area contributed by atoms with Crippen LogP contribution in [0, 0.1) is 0 Å². The molecule has 4 rings (SSSR count). The fraction of sp³-hybridized carbons (Fsp3) is 0.250. The van der Waals surface area contributed by atoms with Gasteiger partial charge in [0.2, 0.25) is 0 Å². The molecule has 6 nitrogen and oxygen atoms in total. The van der Waals surface area contributed by atoms with Crippen molar-refractivity contribution in [1.29, 1.82) is 0 Å². The molecule has 1 amide bonds. The molecule has 1 atom stereocenters. The number of nitrogens with one attached hydrogen (secondary N) is 1. The van der Waals surface area contributed by atoms with Gasteiger partial charge in [0.05, 0.1) is 6.10 Å². The van der Waals surface area contributed by atoms with Gasteiger partial charge in [0.15, 0.2) is 0 Å². The van der Waals surface area contributed by atoms with Crippen LogP contribution in [0.1, 0.15) is 23.2 Å². The Bertz CT molecular complexity index is 869. The Morgan fingerprint density at radius 2 is 1.92 bits per heavy atom. The number of benzene rings is 2. The van der Waals surface area contributed by atoms with Crippen LogP contribution in [-0.2, 0) is 4.74 Å². The maximum absolute atomic E-state index is 12.3. The smallest absolute Gasteiger partial charge is 0.251 e. The molecule has 26 heavy (non-hydrogen) atoms. The van der Waals surface area contributed by atoms with Gasteiger partial charge >= 0.3 is 0 Å². The van der Waals surface area contributed by atoms with E-state index in [4.69, 9.17) is 4.74 Å². The Labute approximate surface area is 151 Å². The molecule has 0 saturated carbocycles. The minimum absolute atomic E-state index is 0.0645. The van der Waals surface area contributed by atoms with Crippen LogP contribution in [0.3, 0.4) is 0 Å². The largest absolute Gasteiger partial charge is 0.376 e. The Morgan fingerprint density at radius 3 is 2.65 bits per heavy atom. The topological polar surface area (TPSA) is 69.0 Å². The van der Waals surface area contributed by atoms with Crippen molar-refractivity contribution in [2.75, 3.05) is 13.2 Å². The number of ether oxygens (including phenoxy) is 1. The van der Waals surface area contributed by atoms with Crippen molar-refractivity contribution in [3.63, 3.8) is 0 Å². The molecule has 1 fully saturated rings. The van der Waals surface area contributed by atoms with Crippen LogP contribution in [0.25, 0.3) is 16.8 Å². The summed E-state index contributed by atoms with van der Waals surface area (Å²) >= 11 is 0. The predicted molar refractivity (Wildman–Crippen MR) is 98.1 cm³/mol. The van der Waals surface area contributed by atoms with Gasteiger partial charge in [0.1, 0.15) is 12.7 Å². The van der Waals surface area contributed by atoms with E-state index in [0.29, 0.717) is 12.1 Å². The van der Waals surface area contributed by atoms with Crippen LogP contribution in [0.5, 0.6) is 0 Å². The first-order valence-corrected chi connectivity index (χ1v) is 8.75. The molecule has 1 N–H and O–H groups in total. The van der Waals surface area contributed by atoms with Crippen molar-refractivity contribution in [2.24, 2.45) is 0 Å². The fourth-order valence-corrected chi connectivity index (χ4v) is 3.11. The monoisotopic (exact) mass is 348 g/mol. The van der Waals surface area contributed by atoms with Crippen molar-refractivity contribution in [1.82, 2.24) is 20.1 Å². The zero-order valence-electron chi connectivity index (χ0n) is 14.3. The third kappa shape index (κ3) is 3.65. The van der Waals surface area contributed by atoms with Crippen LogP contribution in [0.4, 0.5) is 0 Å². The van der Waals surface area contributed by atoms with E-state index in [1.807, 2.05) is 47.0 Å². The van der Waals surface area contributed by atoms with Crippen molar-refractivity contribution in [3.05, 3.63) is 66.7 Å². The summed E-state index contributed by atoms with van der Waals surface area (Å²) in [6.07, 6.45) is 5.57. The predicted octanol–water partition coefficient (Wildman–Crippen LogP) is 2.84. The Balaban J connectivity index is 1.45. The molecule has 1 aliphatic rings. The normalized spacial score (nSPS) is 16.5. The zero-order valence-corrected chi connectivity index (χ0v) is 14.3. The summed E-state index contributed by atoms with van der Waals surface area (Å²) in [6, 6.07) is 15.7. The fourth-order valence-electron chi connectivity index (χ4n) is 3.11. The standard InChI is InChI=1S/C20H20N4O2/c25-20(21-12-19-5-2-10-26-19)16-8-6-15(7-9-16)17-3-1-4-18(11-17)24-13-22-23-14-24/h1,3-4,6-9,11,13-14,19H,2,5,10,12H2,(H,21,25)/t19-/m0/s1. The van der Waals surface area contributed by atoms with Crippen LogP contribution in [0.15, 0.2) is 61.2 Å². The molecular weight excluding hydrogens is 328 g/mol. The number of rotatable bonds is 5. The van der Waals surface area contributed by atoms with Crippen molar-refractivity contribution < 1.29 is 9.53 Å². The van der Waals surface area contributed by atoms with Gasteiger partial charge in [-0.05, 0) is 48.2 Å². The van der Waals surface area contributed by atoms with Crippen molar-refractivity contribution in [2.45, 2.75) is 18.9 Å². The molecule has 6 heteroatoms. The number of hydrogen-bond acceptors (Lipinski definition) is 4. The van der Waals surface area contributed by atoms with E-state index in [-0.39, 0.29) is 12.0 Å². The van der Waals surface area contributed by atoms with Gasteiger partial charge in [0, 0.05) is 24.4 Å². The number of carbonyl (C=O) groups excluding carboxylic acids is 1. The molecule has 132 valence electrons. The number of nitrogens with zero attached hydrogens (tertiary/aromatic N) is 3. The molecule has 0 unspecified atom stereocenters. The van der Waals surface area contributed by atoms with E-state index in [0.717, 1.165) is 36.3 Å². The Kier molecular flexibility index (Phi) is 4.75. The minimum Gasteiger partial charge on any atom is -0.376 e. The summed E-state index contributed by atoms with van der Waals surface area (Å²) < 4.78 is 7.39. The second kappa shape index (κ2) is 7.49. The molecule has 1 aliphatic heterocycles. The maximum atomic E-state index is 12.3. The van der Waals surface area contributed by atoms with E-state index in [2.05, 4.69) is 21.6 Å². The van der Waals surface area contributed by atoms with E-state index < -0.39 is 0 Å². The number of hydrogen-bond donors (Lipinski definition) is 1. The summed E-state index contributed by atoms with van der Waals surface area (Å²) in [7, 11) is 0. The highest BCUT2D eigenvalue weighted by Gasteiger charge is 2.16. The average Bonchev–Trinajstić information content (AvgIpc) is 3.40. The molecule has 1 aromatic heterocycles. The molecule has 0 aliphatic carbocycles. The van der Waals surface area contributed by atoms with Crippen LogP contribution in [-0.4, -0.2) is 39.9 Å². The van der Waals surface area contributed by atoms with Gasteiger partial charge in [-0.25, -0.2) is 0 Å². The zero-order chi connectivity index (χ0) is 17.8. The first-order chi connectivity index (χ1) is 12.8. The van der Waals surface area contributed by atoms with Crippen LogP contribution < -0.4 is 5.32 Å². The lowest BCUT2D eigenvalue weighted by molar-refractivity contribution is 0.0858. The highest BCUT2D eigenvalue weighted by atomic mass is 16.5. The van der Waals surface area contributed by atoms with Crippen LogP contribution >= 0.6 is 0 Å². The highest BCUT2D eigenvalue weighted by molar-refractivity contribution is 5.94. The molecule has 0 bridgehead atoms. The van der Waals surface area contributed by atoms with E-state index in [9.17, 15) is 4.79 Å². The first kappa shape index (κ1) is 16.5. The van der Waals surface area contributed by atoms with Crippen molar-refractivity contribution in [3.8, 4) is 16.8 Å². The van der Waals surface area contributed by atoms with Gasteiger partial charge in [-0.1, -0.05) is 24.3 Å². The SMILES string of the molecule is O=C(NC[C@@H]1CCCO1)c1ccc(-c2cccc(-n3cnnc3)c2)cc1. The Morgan fingerprint density at radius 1 is 1.12 bits per heavy atom. The van der Waals surface area contributed by atoms with E-state index >= 15 is 0 Å². The van der Waals surface area contributed by atoms with E-state index in [1.165, 1.54) is 0 Å². The summed E-state index contributed by atoms with van der Waals surface area (Å²) in [5.74, 6) is -0.0645. The quantitative estimate of drug-likeness (QED) is 0.770. The van der Waals surface area contributed by atoms with Crippen LogP contribution in [0.2, 0.25) is 0 Å². The third-order valence-electron chi connectivity index (χ3n) is 4.56. The molecule has 3 aromatic rings. The lowest BCUT2D eigenvalue weighted by Crippen LogP contribution is -2.31. The molecule has 2 heterocycles. The van der Waals surface area contributed by atoms with E-state index in [1.54, 1.807) is 12.7 Å². The summed E-state index contributed by atoms with van der Waals surface area (Å²) in [5, 5.41) is 10.6. The molecular formula is C20H20N4O2. The summed E-state index contributed by atoms with van der Waals surface area (Å²) in [4.78, 5) is 12.3. The maximum Gasteiger partial charge on any atom is 0.251 e. The second-order valence-electron chi connectivity index (χ2n) is 6.34.